The van der Waals surface area contributed by atoms with Gasteiger partial charge in [0.1, 0.15) is 0 Å². The number of aromatic nitrogens is 1. The molecule has 1 fully saturated rings. The number of aryl methyl sites for hydroxylation is 2. The van der Waals surface area contributed by atoms with E-state index in [0.717, 1.165) is 38.4 Å². The first-order valence-electron chi connectivity index (χ1n) is 6.07. The van der Waals surface area contributed by atoms with E-state index in [0.29, 0.717) is 0 Å². The Morgan fingerprint density at radius 1 is 1.31 bits per heavy atom. The molecule has 3 nitrogen and oxygen atoms in total. The fourth-order valence-electron chi connectivity index (χ4n) is 2.05. The van der Waals surface area contributed by atoms with Crippen molar-refractivity contribution in [3.05, 3.63) is 29.6 Å². The molecule has 16 heavy (non-hydrogen) atoms. The van der Waals surface area contributed by atoms with Crippen molar-refractivity contribution in [3.8, 4) is 0 Å². The zero-order chi connectivity index (χ0) is 11.2. The largest absolute Gasteiger partial charge is 0.379 e. The predicted molar refractivity (Wildman–Crippen MR) is 64.6 cm³/mol. The standard InChI is InChI=1S/C13H20N2O/c1-12-4-2-5-13(14-12)6-3-7-15-8-10-16-11-9-15/h2,4-5H,3,6-11H2,1H3. The number of pyridine rings is 1. The smallest absolute Gasteiger partial charge is 0.0594 e. The molecule has 1 aromatic rings. The van der Waals surface area contributed by atoms with Crippen LogP contribution in [-0.4, -0.2) is 42.7 Å². The van der Waals surface area contributed by atoms with Gasteiger partial charge in [0.2, 0.25) is 0 Å². The monoisotopic (exact) mass is 220 g/mol. The maximum atomic E-state index is 5.33. The second-order valence-corrected chi connectivity index (χ2v) is 4.33. The van der Waals surface area contributed by atoms with Crippen LogP contribution in [0.1, 0.15) is 17.8 Å². The maximum absolute atomic E-state index is 5.33. The lowest BCUT2D eigenvalue weighted by atomic mass is 10.2. The summed E-state index contributed by atoms with van der Waals surface area (Å²) in [6, 6.07) is 6.25. The second kappa shape index (κ2) is 5.97. The van der Waals surface area contributed by atoms with E-state index in [1.54, 1.807) is 0 Å². The van der Waals surface area contributed by atoms with Crippen LogP contribution in [0.15, 0.2) is 18.2 Å². The molecule has 0 saturated carbocycles. The number of ether oxygens (including phenoxy) is 1. The van der Waals surface area contributed by atoms with Gasteiger partial charge in [-0.2, -0.15) is 0 Å². The Labute approximate surface area is 97.4 Å². The number of nitrogens with zero attached hydrogens (tertiary/aromatic N) is 2. The second-order valence-electron chi connectivity index (χ2n) is 4.33. The van der Waals surface area contributed by atoms with E-state index >= 15 is 0 Å². The van der Waals surface area contributed by atoms with E-state index in [1.807, 2.05) is 13.0 Å². The van der Waals surface area contributed by atoms with Gasteiger partial charge in [-0.3, -0.25) is 9.88 Å². The molecule has 1 aliphatic heterocycles. The minimum atomic E-state index is 0.892. The highest BCUT2D eigenvalue weighted by molar-refractivity contribution is 5.09. The molecule has 1 aromatic heterocycles. The number of hydrogen-bond donors (Lipinski definition) is 0. The van der Waals surface area contributed by atoms with E-state index in [4.69, 9.17) is 4.74 Å². The maximum Gasteiger partial charge on any atom is 0.0594 e. The molecule has 3 heteroatoms. The van der Waals surface area contributed by atoms with Crippen molar-refractivity contribution in [2.24, 2.45) is 0 Å². The van der Waals surface area contributed by atoms with Gasteiger partial charge in [-0.05, 0) is 38.4 Å². The van der Waals surface area contributed by atoms with E-state index in [-0.39, 0.29) is 0 Å². The minimum absolute atomic E-state index is 0.892. The summed E-state index contributed by atoms with van der Waals surface area (Å²) in [6.45, 7) is 7.17. The third-order valence-corrected chi connectivity index (χ3v) is 2.96. The normalized spacial score (nSPS) is 17.6. The van der Waals surface area contributed by atoms with E-state index in [1.165, 1.54) is 18.7 Å². The first-order valence-corrected chi connectivity index (χ1v) is 6.07. The van der Waals surface area contributed by atoms with Crippen molar-refractivity contribution in [2.45, 2.75) is 19.8 Å². The van der Waals surface area contributed by atoms with Crippen molar-refractivity contribution in [2.75, 3.05) is 32.8 Å². The van der Waals surface area contributed by atoms with Crippen LogP contribution in [0.25, 0.3) is 0 Å². The lowest BCUT2D eigenvalue weighted by molar-refractivity contribution is 0.0374. The molecular formula is C13H20N2O. The lowest BCUT2D eigenvalue weighted by Crippen LogP contribution is -2.36. The molecule has 0 N–H and O–H groups in total. The van der Waals surface area contributed by atoms with Gasteiger partial charge in [0.25, 0.3) is 0 Å². The molecule has 0 aliphatic carbocycles. The molecule has 0 aromatic carbocycles. The third kappa shape index (κ3) is 3.58. The highest BCUT2D eigenvalue weighted by Gasteiger charge is 2.09. The minimum Gasteiger partial charge on any atom is -0.379 e. The average molecular weight is 220 g/mol. The molecule has 2 heterocycles. The van der Waals surface area contributed by atoms with Crippen molar-refractivity contribution in [3.63, 3.8) is 0 Å². The Bertz CT molecular complexity index is 321. The Hall–Kier alpha value is -0.930. The van der Waals surface area contributed by atoms with Crippen LogP contribution in [0.4, 0.5) is 0 Å². The molecule has 0 atom stereocenters. The molecule has 0 radical (unpaired) electrons. The van der Waals surface area contributed by atoms with Crippen LogP contribution in [0.3, 0.4) is 0 Å². The van der Waals surface area contributed by atoms with Crippen LogP contribution >= 0.6 is 0 Å². The van der Waals surface area contributed by atoms with Gasteiger partial charge in [-0.25, -0.2) is 0 Å². The zero-order valence-electron chi connectivity index (χ0n) is 9.98. The highest BCUT2D eigenvalue weighted by atomic mass is 16.5. The van der Waals surface area contributed by atoms with Crippen LogP contribution < -0.4 is 0 Å². The first kappa shape index (κ1) is 11.6. The fraction of sp³-hybridized carbons (Fsp3) is 0.615. The van der Waals surface area contributed by atoms with Gasteiger partial charge in [-0.15, -0.1) is 0 Å². The summed E-state index contributed by atoms with van der Waals surface area (Å²) >= 11 is 0. The quantitative estimate of drug-likeness (QED) is 0.771. The summed E-state index contributed by atoms with van der Waals surface area (Å²) in [5.41, 5.74) is 2.33. The molecule has 0 amide bonds. The molecule has 0 bridgehead atoms. The Morgan fingerprint density at radius 3 is 2.88 bits per heavy atom. The van der Waals surface area contributed by atoms with Crippen molar-refractivity contribution >= 4 is 0 Å². The van der Waals surface area contributed by atoms with Crippen molar-refractivity contribution < 1.29 is 4.74 Å². The molecular weight excluding hydrogens is 200 g/mol. The van der Waals surface area contributed by atoms with Crippen LogP contribution in [0.5, 0.6) is 0 Å². The molecule has 1 aliphatic rings. The predicted octanol–water partition coefficient (Wildman–Crippen LogP) is 1.65. The van der Waals surface area contributed by atoms with Gasteiger partial charge in [0.15, 0.2) is 0 Å². The van der Waals surface area contributed by atoms with Crippen molar-refractivity contribution in [1.82, 2.24) is 9.88 Å². The highest BCUT2D eigenvalue weighted by Crippen LogP contribution is 2.04. The van der Waals surface area contributed by atoms with Crippen LogP contribution in [0.2, 0.25) is 0 Å². The number of rotatable bonds is 4. The van der Waals surface area contributed by atoms with Gasteiger partial charge < -0.3 is 4.74 Å². The van der Waals surface area contributed by atoms with Gasteiger partial charge >= 0.3 is 0 Å². The molecule has 0 spiro atoms. The Kier molecular flexibility index (Phi) is 4.31. The SMILES string of the molecule is Cc1cccc(CCCN2CCOCC2)n1. The summed E-state index contributed by atoms with van der Waals surface area (Å²) in [6.07, 6.45) is 2.27. The van der Waals surface area contributed by atoms with Crippen LogP contribution in [0, 0.1) is 6.92 Å². The Balaban J connectivity index is 1.71. The summed E-state index contributed by atoms with van der Waals surface area (Å²) in [7, 11) is 0. The van der Waals surface area contributed by atoms with E-state index in [2.05, 4.69) is 22.0 Å². The number of morpholine rings is 1. The van der Waals surface area contributed by atoms with Gasteiger partial charge in [0, 0.05) is 24.5 Å². The molecule has 1 saturated heterocycles. The molecule has 0 unspecified atom stereocenters. The summed E-state index contributed by atoms with van der Waals surface area (Å²) in [4.78, 5) is 6.98. The fourth-order valence-corrected chi connectivity index (χ4v) is 2.05. The number of hydrogen-bond acceptors (Lipinski definition) is 3. The summed E-state index contributed by atoms with van der Waals surface area (Å²) < 4.78 is 5.33. The summed E-state index contributed by atoms with van der Waals surface area (Å²) in [5, 5.41) is 0. The van der Waals surface area contributed by atoms with Crippen LogP contribution in [-0.2, 0) is 11.2 Å². The lowest BCUT2D eigenvalue weighted by Gasteiger charge is -2.26. The van der Waals surface area contributed by atoms with Gasteiger partial charge in [-0.1, -0.05) is 6.07 Å². The topological polar surface area (TPSA) is 25.4 Å². The van der Waals surface area contributed by atoms with Crippen molar-refractivity contribution in [1.29, 1.82) is 0 Å². The average Bonchev–Trinajstić information content (AvgIpc) is 2.30. The molecule has 2 rings (SSSR count). The Morgan fingerprint density at radius 2 is 2.12 bits per heavy atom. The first-order chi connectivity index (χ1) is 7.84. The third-order valence-electron chi connectivity index (χ3n) is 2.96. The van der Waals surface area contributed by atoms with E-state index < -0.39 is 0 Å². The van der Waals surface area contributed by atoms with E-state index in [9.17, 15) is 0 Å². The zero-order valence-corrected chi connectivity index (χ0v) is 9.98. The molecule has 88 valence electrons. The van der Waals surface area contributed by atoms with Gasteiger partial charge in [0.05, 0.1) is 13.2 Å². The summed E-state index contributed by atoms with van der Waals surface area (Å²) in [5.74, 6) is 0.